The van der Waals surface area contributed by atoms with Crippen molar-refractivity contribution < 1.29 is 19.2 Å². The molecule has 0 aromatic heterocycles. The van der Waals surface area contributed by atoms with E-state index in [2.05, 4.69) is 24.5 Å². The summed E-state index contributed by atoms with van der Waals surface area (Å²) in [5.41, 5.74) is 3.89. The molecule has 5 rings (SSSR count). The molecule has 0 radical (unpaired) electrons. The first kappa shape index (κ1) is 26.9. The van der Waals surface area contributed by atoms with Gasteiger partial charge in [-0.2, -0.15) is 0 Å². The smallest absolute Gasteiger partial charge is 0.269 e. The van der Waals surface area contributed by atoms with E-state index in [0.717, 1.165) is 22.6 Å². The number of Topliss-reactive ketones (excluding diaryl/α,β-unsaturated/α-hetero) is 1. The van der Waals surface area contributed by atoms with Crippen LogP contribution in [0.5, 0.6) is 5.75 Å². The van der Waals surface area contributed by atoms with Gasteiger partial charge in [0.1, 0.15) is 5.75 Å². The van der Waals surface area contributed by atoms with Crippen molar-refractivity contribution in [2.75, 3.05) is 23.9 Å². The number of para-hydroxylation sites is 3. The van der Waals surface area contributed by atoms with E-state index >= 15 is 0 Å². The first-order valence-electron chi connectivity index (χ1n) is 13.2. The Hall–Kier alpha value is -4.66. The number of hydrogen-bond acceptors (Lipinski definition) is 7. The molecule has 1 unspecified atom stereocenters. The average molecular weight is 541 g/mol. The summed E-state index contributed by atoms with van der Waals surface area (Å²) in [6.45, 7) is 4.30. The molecule has 1 amide bonds. The minimum absolute atomic E-state index is 0.0394. The highest BCUT2D eigenvalue weighted by Gasteiger charge is 2.42. The molecule has 206 valence electrons. The third-order valence-electron chi connectivity index (χ3n) is 7.38. The van der Waals surface area contributed by atoms with E-state index in [1.54, 1.807) is 19.2 Å². The Balaban J connectivity index is 1.59. The fourth-order valence-corrected chi connectivity index (χ4v) is 5.64. The molecule has 0 fully saturated rings. The maximum absolute atomic E-state index is 13.8. The standard InChI is InChI=1S/C31H32N4O5/c1-31(2)16-24-29(26(36)17-31)30(20-10-8-11-22(15-20)35(38)39)34(25-13-6-5-12-23(25)33-24)19-28(37)32-18-21-9-4-7-14-27(21)40-3/h4-15,30,33H,16-19H2,1-3H3,(H,32,37). The van der Waals surface area contributed by atoms with Gasteiger partial charge in [-0.1, -0.05) is 56.3 Å². The minimum atomic E-state index is -0.702. The van der Waals surface area contributed by atoms with Crippen LogP contribution in [0.3, 0.4) is 0 Å². The second-order valence-corrected chi connectivity index (χ2v) is 10.9. The molecule has 2 N–H and O–H groups in total. The number of non-ortho nitro benzene ring substituents is 1. The van der Waals surface area contributed by atoms with Crippen molar-refractivity contribution in [3.05, 3.63) is 105 Å². The zero-order chi connectivity index (χ0) is 28.4. The maximum atomic E-state index is 13.8. The van der Waals surface area contributed by atoms with Crippen LogP contribution in [0.4, 0.5) is 17.1 Å². The zero-order valence-electron chi connectivity index (χ0n) is 22.8. The van der Waals surface area contributed by atoms with Crippen LogP contribution in [0.1, 0.15) is 43.9 Å². The van der Waals surface area contributed by atoms with Gasteiger partial charge < -0.3 is 20.3 Å². The Labute approximate surface area is 233 Å². The number of hydrogen-bond donors (Lipinski definition) is 2. The predicted octanol–water partition coefficient (Wildman–Crippen LogP) is 5.54. The predicted molar refractivity (Wildman–Crippen MR) is 153 cm³/mol. The monoisotopic (exact) mass is 540 g/mol. The molecule has 9 heteroatoms. The number of allylic oxidation sites excluding steroid dienone is 1. The van der Waals surface area contributed by atoms with E-state index < -0.39 is 11.0 Å². The van der Waals surface area contributed by atoms with Crippen LogP contribution in [0.2, 0.25) is 0 Å². The number of ketones is 1. The lowest BCUT2D eigenvalue weighted by molar-refractivity contribution is -0.384. The number of carbonyl (C=O) groups is 2. The van der Waals surface area contributed by atoms with E-state index in [1.165, 1.54) is 12.1 Å². The van der Waals surface area contributed by atoms with Gasteiger partial charge in [0.15, 0.2) is 5.78 Å². The van der Waals surface area contributed by atoms with E-state index in [-0.39, 0.29) is 35.9 Å². The first-order valence-corrected chi connectivity index (χ1v) is 13.2. The normalized spacial score (nSPS) is 17.7. The van der Waals surface area contributed by atoms with Crippen molar-refractivity contribution in [3.8, 4) is 5.75 Å². The van der Waals surface area contributed by atoms with Crippen LogP contribution in [0.15, 0.2) is 84.1 Å². The molecule has 0 bridgehead atoms. The van der Waals surface area contributed by atoms with Gasteiger partial charge in [0.05, 0.1) is 36.0 Å². The molecule has 0 spiro atoms. The molecule has 2 aliphatic rings. The van der Waals surface area contributed by atoms with Gasteiger partial charge in [0.2, 0.25) is 5.91 Å². The number of methoxy groups -OCH3 is 1. The number of fused-ring (bicyclic) bond motifs is 1. The highest BCUT2D eigenvalue weighted by molar-refractivity contribution is 6.02. The number of nitrogens with zero attached hydrogens (tertiary/aromatic N) is 2. The number of benzene rings is 3. The molecule has 3 aromatic rings. The Kier molecular flexibility index (Phi) is 7.30. The number of rotatable bonds is 7. The van der Waals surface area contributed by atoms with Gasteiger partial charge in [-0.05, 0) is 35.6 Å². The minimum Gasteiger partial charge on any atom is -0.496 e. The summed E-state index contributed by atoms with van der Waals surface area (Å²) in [7, 11) is 1.58. The summed E-state index contributed by atoms with van der Waals surface area (Å²) in [4.78, 5) is 40.4. The van der Waals surface area contributed by atoms with E-state index in [4.69, 9.17) is 4.74 Å². The molecular weight excluding hydrogens is 508 g/mol. The summed E-state index contributed by atoms with van der Waals surface area (Å²) >= 11 is 0. The van der Waals surface area contributed by atoms with Gasteiger partial charge >= 0.3 is 0 Å². The van der Waals surface area contributed by atoms with Gasteiger partial charge in [0, 0.05) is 41.9 Å². The summed E-state index contributed by atoms with van der Waals surface area (Å²) in [6, 6.07) is 20.7. The largest absolute Gasteiger partial charge is 0.496 e. The second-order valence-electron chi connectivity index (χ2n) is 10.9. The summed E-state index contributed by atoms with van der Waals surface area (Å²) < 4.78 is 5.42. The van der Waals surface area contributed by atoms with E-state index in [1.807, 2.05) is 53.4 Å². The number of ether oxygens (including phenoxy) is 1. The van der Waals surface area contributed by atoms with Gasteiger partial charge in [-0.15, -0.1) is 0 Å². The van der Waals surface area contributed by atoms with Crippen LogP contribution in [0.25, 0.3) is 0 Å². The number of amides is 1. The number of anilines is 2. The fraction of sp³-hybridized carbons (Fsp3) is 0.290. The van der Waals surface area contributed by atoms with Crippen molar-refractivity contribution in [2.45, 2.75) is 39.3 Å². The molecule has 9 nitrogen and oxygen atoms in total. The summed E-state index contributed by atoms with van der Waals surface area (Å²) in [6.07, 6.45) is 0.963. The molecule has 1 aliphatic carbocycles. The van der Waals surface area contributed by atoms with E-state index in [9.17, 15) is 19.7 Å². The van der Waals surface area contributed by atoms with Crippen LogP contribution >= 0.6 is 0 Å². The number of nitro benzene ring substituents is 1. The number of nitro groups is 1. The molecule has 1 atom stereocenters. The van der Waals surface area contributed by atoms with Gasteiger partial charge in [-0.25, -0.2) is 0 Å². The second kappa shape index (κ2) is 10.8. The van der Waals surface area contributed by atoms with Crippen molar-refractivity contribution in [1.29, 1.82) is 0 Å². The molecular formula is C31H32N4O5. The number of nitrogens with one attached hydrogen (secondary N) is 2. The highest BCUT2D eigenvalue weighted by Crippen LogP contribution is 2.48. The van der Waals surface area contributed by atoms with Crippen molar-refractivity contribution in [2.24, 2.45) is 5.41 Å². The maximum Gasteiger partial charge on any atom is 0.269 e. The van der Waals surface area contributed by atoms with Crippen LogP contribution in [-0.2, 0) is 16.1 Å². The summed E-state index contributed by atoms with van der Waals surface area (Å²) in [5, 5.41) is 18.2. The Morgan fingerprint density at radius 3 is 2.62 bits per heavy atom. The lowest BCUT2D eigenvalue weighted by atomic mass is 9.73. The number of carbonyl (C=O) groups excluding carboxylic acids is 2. The summed E-state index contributed by atoms with van der Waals surface area (Å²) in [5.74, 6) is 0.373. The van der Waals surface area contributed by atoms with Crippen LogP contribution < -0.4 is 20.3 Å². The molecule has 1 heterocycles. The Morgan fingerprint density at radius 2 is 1.85 bits per heavy atom. The van der Waals surface area contributed by atoms with Crippen molar-refractivity contribution in [3.63, 3.8) is 0 Å². The molecule has 40 heavy (non-hydrogen) atoms. The van der Waals surface area contributed by atoms with E-state index in [0.29, 0.717) is 29.7 Å². The highest BCUT2D eigenvalue weighted by atomic mass is 16.6. The van der Waals surface area contributed by atoms with Gasteiger partial charge in [0.25, 0.3) is 5.69 Å². The Morgan fingerprint density at radius 1 is 1.10 bits per heavy atom. The quantitative estimate of drug-likeness (QED) is 0.299. The fourth-order valence-electron chi connectivity index (χ4n) is 5.64. The van der Waals surface area contributed by atoms with Crippen molar-refractivity contribution >= 4 is 28.8 Å². The van der Waals surface area contributed by atoms with Gasteiger partial charge in [-0.3, -0.25) is 19.7 Å². The lowest BCUT2D eigenvalue weighted by Gasteiger charge is -2.37. The SMILES string of the molecule is COc1ccccc1CNC(=O)CN1c2ccccc2NC2=C(C(=O)CC(C)(C)C2)C1c1cccc([N+](=O)[O-])c1. The molecule has 1 aliphatic heterocycles. The van der Waals surface area contributed by atoms with Crippen LogP contribution in [-0.4, -0.2) is 30.3 Å². The third-order valence-corrected chi connectivity index (χ3v) is 7.38. The zero-order valence-corrected chi connectivity index (χ0v) is 22.8. The molecule has 3 aromatic carbocycles. The topological polar surface area (TPSA) is 114 Å². The average Bonchev–Trinajstić information content (AvgIpc) is 3.06. The Bertz CT molecular complexity index is 1510. The van der Waals surface area contributed by atoms with Crippen LogP contribution in [0, 0.1) is 15.5 Å². The molecule has 0 saturated carbocycles. The molecule has 0 saturated heterocycles. The first-order chi connectivity index (χ1) is 19.2. The third kappa shape index (κ3) is 5.40. The lowest BCUT2D eigenvalue weighted by Crippen LogP contribution is -2.42. The van der Waals surface area contributed by atoms with Crippen molar-refractivity contribution in [1.82, 2.24) is 5.32 Å².